The Kier molecular flexibility index (Phi) is 2.91. The zero-order chi connectivity index (χ0) is 11.7. The first-order chi connectivity index (χ1) is 7.65. The van der Waals surface area contributed by atoms with Crippen molar-refractivity contribution < 1.29 is 24.9 Å². The van der Waals surface area contributed by atoms with Crippen LogP contribution in [0.15, 0.2) is 24.3 Å². The molecule has 1 heterocycles. The molecule has 2 rings (SSSR count). The van der Waals surface area contributed by atoms with E-state index in [0.29, 0.717) is 11.1 Å². The molecule has 16 heavy (non-hydrogen) atoms. The van der Waals surface area contributed by atoms with Gasteiger partial charge in [-0.05, 0) is 6.07 Å². The molecule has 1 aliphatic rings. The van der Waals surface area contributed by atoms with Crippen LogP contribution < -0.4 is 0 Å². The summed E-state index contributed by atoms with van der Waals surface area (Å²) in [5, 5.41) is 27.7. The predicted molar refractivity (Wildman–Crippen MR) is 53.7 cm³/mol. The minimum absolute atomic E-state index is 0.386. The number of fused-ring (bicyclic) bond motifs is 1. The molecule has 0 spiro atoms. The summed E-state index contributed by atoms with van der Waals surface area (Å²) in [6.07, 6.45) is -3.56. The summed E-state index contributed by atoms with van der Waals surface area (Å²) >= 11 is 0. The van der Waals surface area contributed by atoms with Gasteiger partial charge in [0.2, 0.25) is 0 Å². The molecule has 5 heteroatoms. The molecule has 3 N–H and O–H groups in total. The van der Waals surface area contributed by atoms with E-state index in [1.54, 1.807) is 24.3 Å². The molecule has 0 amide bonds. The Balaban J connectivity index is 2.30. The zero-order valence-electron chi connectivity index (χ0n) is 8.41. The van der Waals surface area contributed by atoms with E-state index in [4.69, 9.17) is 9.84 Å². The van der Waals surface area contributed by atoms with Crippen molar-refractivity contribution in [1.29, 1.82) is 0 Å². The van der Waals surface area contributed by atoms with Crippen LogP contribution in [0.5, 0.6) is 0 Å². The van der Waals surface area contributed by atoms with Gasteiger partial charge in [-0.3, -0.25) is 0 Å². The van der Waals surface area contributed by atoms with Gasteiger partial charge in [0.25, 0.3) is 0 Å². The van der Waals surface area contributed by atoms with Gasteiger partial charge in [0.15, 0.2) is 6.10 Å². The third kappa shape index (κ3) is 1.69. The monoisotopic (exact) mass is 224 g/mol. The van der Waals surface area contributed by atoms with Crippen LogP contribution in [0.1, 0.15) is 22.0 Å². The number of esters is 1. The second-order valence-corrected chi connectivity index (χ2v) is 3.65. The van der Waals surface area contributed by atoms with Crippen molar-refractivity contribution in [3.05, 3.63) is 35.4 Å². The fourth-order valence-electron chi connectivity index (χ4n) is 1.74. The van der Waals surface area contributed by atoms with Crippen LogP contribution in [-0.2, 0) is 4.74 Å². The standard InChI is InChI=1S/C11H12O5/c12-5-8(13)9(14)10-6-3-1-2-4-7(6)11(15)16-10/h1-4,8-10,12-14H,5H2. The number of aliphatic hydroxyl groups is 3. The minimum atomic E-state index is -1.33. The molecule has 3 unspecified atom stereocenters. The Bertz CT molecular complexity index is 403. The fraction of sp³-hybridized carbons (Fsp3) is 0.364. The number of carbonyl (C=O) groups excluding carboxylic acids is 1. The Morgan fingerprint density at radius 1 is 1.31 bits per heavy atom. The minimum Gasteiger partial charge on any atom is -0.451 e. The molecule has 3 atom stereocenters. The molecule has 0 fully saturated rings. The quantitative estimate of drug-likeness (QED) is 0.609. The number of hydrogen-bond acceptors (Lipinski definition) is 5. The van der Waals surface area contributed by atoms with Crippen LogP contribution in [0.4, 0.5) is 0 Å². The van der Waals surface area contributed by atoms with Gasteiger partial charge in [0, 0.05) is 5.56 Å². The third-order valence-corrected chi connectivity index (χ3v) is 2.61. The average Bonchev–Trinajstić information content (AvgIpc) is 2.65. The lowest BCUT2D eigenvalue weighted by Gasteiger charge is -2.21. The molecule has 1 aliphatic heterocycles. The third-order valence-electron chi connectivity index (χ3n) is 2.61. The van der Waals surface area contributed by atoms with Gasteiger partial charge in [-0.25, -0.2) is 4.79 Å². The first kappa shape index (κ1) is 11.1. The van der Waals surface area contributed by atoms with E-state index in [2.05, 4.69) is 0 Å². The highest BCUT2D eigenvalue weighted by atomic mass is 16.6. The van der Waals surface area contributed by atoms with Gasteiger partial charge in [-0.2, -0.15) is 0 Å². The summed E-state index contributed by atoms with van der Waals surface area (Å²) in [5.74, 6) is -0.523. The molecular formula is C11H12O5. The van der Waals surface area contributed by atoms with Crippen molar-refractivity contribution in [3.63, 3.8) is 0 Å². The van der Waals surface area contributed by atoms with Crippen LogP contribution in [0.2, 0.25) is 0 Å². The summed E-state index contributed by atoms with van der Waals surface area (Å²) in [6.45, 7) is -0.586. The van der Waals surface area contributed by atoms with Gasteiger partial charge in [-0.15, -0.1) is 0 Å². The largest absolute Gasteiger partial charge is 0.451 e. The zero-order valence-corrected chi connectivity index (χ0v) is 8.41. The van der Waals surface area contributed by atoms with Crippen molar-refractivity contribution in [2.24, 2.45) is 0 Å². The van der Waals surface area contributed by atoms with E-state index in [0.717, 1.165) is 0 Å². The topological polar surface area (TPSA) is 87.0 Å². The van der Waals surface area contributed by atoms with Crippen LogP contribution in [0.25, 0.3) is 0 Å². The summed E-state index contributed by atoms with van der Waals surface area (Å²) < 4.78 is 4.96. The molecule has 0 aliphatic carbocycles. The van der Waals surface area contributed by atoms with Crippen molar-refractivity contribution in [2.45, 2.75) is 18.3 Å². The van der Waals surface area contributed by atoms with Gasteiger partial charge < -0.3 is 20.1 Å². The van der Waals surface area contributed by atoms with Crippen molar-refractivity contribution in [3.8, 4) is 0 Å². The maximum Gasteiger partial charge on any atom is 0.339 e. The lowest BCUT2D eigenvalue weighted by atomic mass is 9.99. The number of ether oxygens (including phenoxy) is 1. The smallest absolute Gasteiger partial charge is 0.339 e. The molecule has 0 radical (unpaired) electrons. The molecular weight excluding hydrogens is 212 g/mol. The molecule has 0 saturated carbocycles. The maximum atomic E-state index is 11.4. The maximum absolute atomic E-state index is 11.4. The van der Waals surface area contributed by atoms with E-state index in [-0.39, 0.29) is 0 Å². The highest BCUT2D eigenvalue weighted by Gasteiger charge is 2.38. The normalized spacial score (nSPS) is 22.4. The molecule has 1 aromatic rings. The van der Waals surface area contributed by atoms with Crippen LogP contribution in [0, 0.1) is 0 Å². The first-order valence-corrected chi connectivity index (χ1v) is 4.92. The molecule has 0 saturated heterocycles. The summed E-state index contributed by atoms with van der Waals surface area (Å²) in [5.41, 5.74) is 0.921. The lowest BCUT2D eigenvalue weighted by molar-refractivity contribution is -0.0799. The molecule has 86 valence electrons. The summed E-state index contributed by atoms with van der Waals surface area (Å²) in [7, 11) is 0. The van der Waals surface area contributed by atoms with E-state index >= 15 is 0 Å². The van der Waals surface area contributed by atoms with E-state index in [1.807, 2.05) is 0 Å². The highest BCUT2D eigenvalue weighted by Crippen LogP contribution is 2.33. The first-order valence-electron chi connectivity index (χ1n) is 4.92. The Hall–Kier alpha value is -1.43. The second-order valence-electron chi connectivity index (χ2n) is 3.65. The highest BCUT2D eigenvalue weighted by molar-refractivity contribution is 5.94. The molecule has 0 bridgehead atoms. The second kappa shape index (κ2) is 4.21. The molecule has 5 nitrogen and oxygen atoms in total. The van der Waals surface area contributed by atoms with Crippen LogP contribution in [-0.4, -0.2) is 40.1 Å². The summed E-state index contributed by atoms with van der Waals surface area (Å²) in [6, 6.07) is 6.65. The number of hydrogen-bond donors (Lipinski definition) is 3. The van der Waals surface area contributed by atoms with Crippen molar-refractivity contribution in [2.75, 3.05) is 6.61 Å². The predicted octanol–water partition coefficient (Wildman–Crippen LogP) is -0.388. The summed E-state index contributed by atoms with van der Waals surface area (Å²) in [4.78, 5) is 11.4. The number of cyclic esters (lactones) is 1. The lowest BCUT2D eigenvalue weighted by Crippen LogP contribution is -2.34. The Morgan fingerprint density at radius 3 is 2.69 bits per heavy atom. The number of rotatable bonds is 3. The van der Waals surface area contributed by atoms with E-state index in [9.17, 15) is 15.0 Å². The number of carbonyl (C=O) groups is 1. The van der Waals surface area contributed by atoms with Gasteiger partial charge >= 0.3 is 5.97 Å². The molecule has 0 aromatic heterocycles. The molecule has 1 aromatic carbocycles. The number of aliphatic hydroxyl groups excluding tert-OH is 3. The van der Waals surface area contributed by atoms with E-state index in [1.165, 1.54) is 0 Å². The van der Waals surface area contributed by atoms with Crippen LogP contribution >= 0.6 is 0 Å². The fourth-order valence-corrected chi connectivity index (χ4v) is 1.74. The van der Waals surface area contributed by atoms with E-state index < -0.39 is 30.9 Å². The van der Waals surface area contributed by atoms with Crippen LogP contribution in [0.3, 0.4) is 0 Å². The SMILES string of the molecule is O=C1OC(C(O)C(O)CO)c2ccccc21. The van der Waals surface area contributed by atoms with Gasteiger partial charge in [-0.1, -0.05) is 18.2 Å². The van der Waals surface area contributed by atoms with Gasteiger partial charge in [0.1, 0.15) is 12.2 Å². The van der Waals surface area contributed by atoms with Crippen molar-refractivity contribution in [1.82, 2.24) is 0 Å². The van der Waals surface area contributed by atoms with Gasteiger partial charge in [0.05, 0.1) is 12.2 Å². The number of benzene rings is 1. The van der Waals surface area contributed by atoms with Crippen molar-refractivity contribution >= 4 is 5.97 Å². The Labute approximate surface area is 91.9 Å². The average molecular weight is 224 g/mol. The Morgan fingerprint density at radius 2 is 2.00 bits per heavy atom.